The van der Waals surface area contributed by atoms with Gasteiger partial charge in [0.15, 0.2) is 0 Å². The lowest BCUT2D eigenvalue weighted by Gasteiger charge is -2.32. The molecule has 1 fully saturated rings. The molecule has 19 heavy (non-hydrogen) atoms. The fourth-order valence-electron chi connectivity index (χ4n) is 1.98. The zero-order valence-electron chi connectivity index (χ0n) is 12.2. The Morgan fingerprint density at radius 3 is 1.95 bits per heavy atom. The van der Waals surface area contributed by atoms with E-state index in [1.54, 1.807) is 6.26 Å². The molecular formula is C14H21BO3S. The molecule has 3 nitrogen and oxygen atoms in total. The van der Waals surface area contributed by atoms with Crippen LogP contribution < -0.4 is 5.46 Å². The molecule has 0 spiro atoms. The van der Waals surface area contributed by atoms with Gasteiger partial charge in [-0.2, -0.15) is 0 Å². The molecule has 1 aromatic rings. The molecule has 1 aliphatic heterocycles. The molecule has 1 heterocycles. The number of rotatable bonds is 3. The van der Waals surface area contributed by atoms with Crippen LogP contribution in [0.2, 0.25) is 0 Å². The van der Waals surface area contributed by atoms with Gasteiger partial charge in [0.1, 0.15) is 0 Å². The van der Waals surface area contributed by atoms with Crippen LogP contribution in [-0.2, 0) is 25.9 Å². The van der Waals surface area contributed by atoms with Crippen LogP contribution in [0.25, 0.3) is 0 Å². The van der Waals surface area contributed by atoms with Crippen molar-refractivity contribution in [3.63, 3.8) is 0 Å². The number of hydrogen-bond donors (Lipinski definition) is 0. The number of benzene rings is 1. The van der Waals surface area contributed by atoms with Crippen molar-refractivity contribution < 1.29 is 13.5 Å². The van der Waals surface area contributed by atoms with Gasteiger partial charge in [0.25, 0.3) is 0 Å². The summed E-state index contributed by atoms with van der Waals surface area (Å²) < 4.78 is 23.2. The summed E-state index contributed by atoms with van der Waals surface area (Å²) in [5.74, 6) is 0.587. The summed E-state index contributed by atoms with van der Waals surface area (Å²) in [5, 5.41) is 0. The van der Waals surface area contributed by atoms with Gasteiger partial charge in [0, 0.05) is 22.8 Å². The summed E-state index contributed by atoms with van der Waals surface area (Å²) in [5.41, 5.74) is 1.44. The maximum Gasteiger partial charge on any atom is 0.494 e. The normalized spacial score (nSPS) is 22.5. The van der Waals surface area contributed by atoms with Crippen LogP contribution in [0.3, 0.4) is 0 Å². The first-order valence-corrected chi connectivity index (χ1v) is 8.18. The zero-order chi connectivity index (χ0) is 14.3. The molecule has 5 heteroatoms. The second-order valence-corrected chi connectivity index (χ2v) is 7.48. The van der Waals surface area contributed by atoms with E-state index in [0.29, 0.717) is 5.75 Å². The fraction of sp³-hybridized carbons (Fsp3) is 0.571. The summed E-state index contributed by atoms with van der Waals surface area (Å²) in [6.45, 7) is 8.17. The van der Waals surface area contributed by atoms with Gasteiger partial charge in [-0.3, -0.25) is 4.21 Å². The first-order valence-electron chi connectivity index (χ1n) is 6.46. The van der Waals surface area contributed by atoms with Crippen molar-refractivity contribution in [2.45, 2.75) is 44.6 Å². The lowest BCUT2D eigenvalue weighted by atomic mass is 9.79. The summed E-state index contributed by atoms with van der Waals surface area (Å²) >= 11 is 0. The molecule has 0 amide bonds. The Bertz CT molecular complexity index is 466. The van der Waals surface area contributed by atoms with Crippen LogP contribution in [-0.4, -0.2) is 28.8 Å². The Hall–Kier alpha value is -0.645. The minimum atomic E-state index is -0.813. The molecule has 0 radical (unpaired) electrons. The third-order valence-electron chi connectivity index (χ3n) is 3.88. The third kappa shape index (κ3) is 3.10. The molecule has 0 aromatic heterocycles. The molecule has 1 aromatic carbocycles. The predicted molar refractivity (Wildman–Crippen MR) is 79.9 cm³/mol. The Labute approximate surface area is 118 Å². The molecule has 1 unspecified atom stereocenters. The summed E-state index contributed by atoms with van der Waals surface area (Å²) in [7, 11) is -1.14. The van der Waals surface area contributed by atoms with Gasteiger partial charge in [0.2, 0.25) is 0 Å². The van der Waals surface area contributed by atoms with Crippen LogP contribution in [0.1, 0.15) is 33.3 Å². The zero-order valence-corrected chi connectivity index (χ0v) is 13.0. The maximum absolute atomic E-state index is 11.2. The summed E-state index contributed by atoms with van der Waals surface area (Å²) in [6.07, 6.45) is 1.71. The van der Waals surface area contributed by atoms with E-state index in [2.05, 4.69) is 0 Å². The molecule has 0 saturated carbocycles. The van der Waals surface area contributed by atoms with E-state index in [-0.39, 0.29) is 18.3 Å². The fourth-order valence-corrected chi connectivity index (χ4v) is 2.65. The van der Waals surface area contributed by atoms with Crippen molar-refractivity contribution >= 4 is 23.4 Å². The highest BCUT2D eigenvalue weighted by Crippen LogP contribution is 2.36. The van der Waals surface area contributed by atoms with Gasteiger partial charge in [-0.25, -0.2) is 0 Å². The van der Waals surface area contributed by atoms with E-state index in [1.807, 2.05) is 52.0 Å². The lowest BCUT2D eigenvalue weighted by molar-refractivity contribution is 0.00578. The minimum absolute atomic E-state index is 0.318. The third-order valence-corrected chi connectivity index (χ3v) is 4.61. The van der Waals surface area contributed by atoms with E-state index in [1.165, 1.54) is 0 Å². The quantitative estimate of drug-likeness (QED) is 0.793. The molecule has 0 aliphatic carbocycles. The SMILES string of the molecule is CS(=O)Cc1ccc(B2OC(C)(C)C(C)(C)O2)cc1. The van der Waals surface area contributed by atoms with E-state index in [9.17, 15) is 4.21 Å². The van der Waals surface area contributed by atoms with Crippen molar-refractivity contribution in [3.05, 3.63) is 29.8 Å². The Kier molecular flexibility index (Phi) is 3.91. The molecule has 2 rings (SSSR count). The Balaban J connectivity index is 2.14. The lowest BCUT2D eigenvalue weighted by Crippen LogP contribution is -2.41. The average molecular weight is 280 g/mol. The molecule has 1 aliphatic rings. The second kappa shape index (κ2) is 5.04. The van der Waals surface area contributed by atoms with Crippen molar-refractivity contribution in [2.75, 3.05) is 6.26 Å². The Morgan fingerprint density at radius 1 is 1.05 bits per heavy atom. The van der Waals surface area contributed by atoms with Crippen LogP contribution in [0.4, 0.5) is 0 Å². The largest absolute Gasteiger partial charge is 0.494 e. The van der Waals surface area contributed by atoms with Crippen LogP contribution in [0.15, 0.2) is 24.3 Å². The van der Waals surface area contributed by atoms with Crippen molar-refractivity contribution in [1.82, 2.24) is 0 Å². The molecule has 0 bridgehead atoms. The van der Waals surface area contributed by atoms with Crippen LogP contribution >= 0.6 is 0 Å². The second-order valence-electron chi connectivity index (χ2n) is 6.05. The highest BCUT2D eigenvalue weighted by molar-refractivity contribution is 7.83. The van der Waals surface area contributed by atoms with E-state index >= 15 is 0 Å². The summed E-state index contributed by atoms with van der Waals surface area (Å²) in [4.78, 5) is 0. The average Bonchev–Trinajstić information content (AvgIpc) is 2.48. The van der Waals surface area contributed by atoms with Gasteiger partial charge in [0.05, 0.1) is 11.2 Å². The van der Waals surface area contributed by atoms with Gasteiger partial charge >= 0.3 is 7.12 Å². The van der Waals surface area contributed by atoms with E-state index in [4.69, 9.17) is 9.31 Å². The van der Waals surface area contributed by atoms with Crippen molar-refractivity contribution in [2.24, 2.45) is 0 Å². The first kappa shape index (κ1) is 14.8. The van der Waals surface area contributed by atoms with E-state index in [0.717, 1.165) is 11.0 Å². The molecule has 1 atom stereocenters. The highest BCUT2D eigenvalue weighted by Gasteiger charge is 2.51. The topological polar surface area (TPSA) is 35.5 Å². The van der Waals surface area contributed by atoms with Gasteiger partial charge in [-0.15, -0.1) is 0 Å². The smallest absolute Gasteiger partial charge is 0.399 e. The van der Waals surface area contributed by atoms with E-state index < -0.39 is 10.8 Å². The molecule has 0 N–H and O–H groups in total. The van der Waals surface area contributed by atoms with Crippen LogP contribution in [0.5, 0.6) is 0 Å². The summed E-state index contributed by atoms with van der Waals surface area (Å²) in [6, 6.07) is 7.96. The Morgan fingerprint density at radius 2 is 1.53 bits per heavy atom. The van der Waals surface area contributed by atoms with Gasteiger partial charge in [-0.05, 0) is 38.7 Å². The van der Waals surface area contributed by atoms with Crippen molar-refractivity contribution in [3.8, 4) is 0 Å². The first-order chi connectivity index (χ1) is 8.71. The monoisotopic (exact) mass is 280 g/mol. The predicted octanol–water partition coefficient (Wildman–Crippen LogP) is 1.86. The van der Waals surface area contributed by atoms with Crippen molar-refractivity contribution in [1.29, 1.82) is 0 Å². The van der Waals surface area contributed by atoms with Gasteiger partial charge < -0.3 is 9.31 Å². The standard InChI is InChI=1S/C14H21BO3S/c1-13(2)14(3,4)18-15(17-13)12-8-6-11(7-9-12)10-19(5)16/h6-9H,10H2,1-5H3. The highest BCUT2D eigenvalue weighted by atomic mass is 32.2. The number of hydrogen-bond acceptors (Lipinski definition) is 3. The van der Waals surface area contributed by atoms with Crippen LogP contribution in [0, 0.1) is 0 Å². The maximum atomic E-state index is 11.2. The molecule has 1 saturated heterocycles. The molecule has 104 valence electrons. The molecular weight excluding hydrogens is 259 g/mol. The van der Waals surface area contributed by atoms with Gasteiger partial charge in [-0.1, -0.05) is 24.3 Å². The minimum Gasteiger partial charge on any atom is -0.399 e.